The number of Topliss-reactive ketones (excluding diaryl/α,β-unsaturated/α-hetero) is 1. The number of carbonyl (C=O) groups excluding carboxylic acids is 1. The molecule has 0 spiro atoms. The molecule has 5 nitrogen and oxygen atoms in total. The highest BCUT2D eigenvalue weighted by Crippen LogP contribution is 2.12. The van der Waals surface area contributed by atoms with Gasteiger partial charge in [-0.15, -0.1) is 0 Å². The van der Waals surface area contributed by atoms with Crippen LogP contribution in [0.2, 0.25) is 0 Å². The lowest BCUT2D eigenvalue weighted by atomic mass is 10.1. The van der Waals surface area contributed by atoms with E-state index in [1.165, 1.54) is 6.92 Å². The Morgan fingerprint density at radius 1 is 1.05 bits per heavy atom. The van der Waals surface area contributed by atoms with E-state index in [-0.39, 0.29) is 18.1 Å². The summed E-state index contributed by atoms with van der Waals surface area (Å²) in [4.78, 5) is 11.2. The zero-order valence-electron chi connectivity index (χ0n) is 12.2. The summed E-state index contributed by atoms with van der Waals surface area (Å²) in [6, 6.07) is 15.3. The number of para-hydroxylation sites is 1. The molecule has 2 rings (SSSR count). The van der Waals surface area contributed by atoms with Crippen molar-refractivity contribution in [1.29, 1.82) is 0 Å². The Balaban J connectivity index is 1.89. The standard InChI is InChI=1S/C16H17NO4S/c1-13(18)14-7-9-15(10-8-14)17-22(19,20)12-11-21-16-5-3-2-4-6-16/h2-10,17H,11-12H2,1H3. The summed E-state index contributed by atoms with van der Waals surface area (Å²) in [5.74, 6) is 0.408. The second kappa shape index (κ2) is 7.09. The number of ether oxygens (including phenoxy) is 1. The van der Waals surface area contributed by atoms with Crippen molar-refractivity contribution < 1.29 is 17.9 Å². The summed E-state index contributed by atoms with van der Waals surface area (Å²) in [6.45, 7) is 1.52. The van der Waals surface area contributed by atoms with E-state index in [4.69, 9.17) is 4.74 Å². The minimum absolute atomic E-state index is 0.0604. The Morgan fingerprint density at radius 2 is 1.68 bits per heavy atom. The quantitative estimate of drug-likeness (QED) is 0.796. The molecule has 0 saturated heterocycles. The van der Waals surface area contributed by atoms with Crippen LogP contribution in [-0.2, 0) is 10.0 Å². The first-order chi connectivity index (χ1) is 10.5. The fourth-order valence-corrected chi connectivity index (χ4v) is 2.69. The van der Waals surface area contributed by atoms with Crippen LogP contribution in [0.15, 0.2) is 54.6 Å². The van der Waals surface area contributed by atoms with Crippen molar-refractivity contribution in [3.63, 3.8) is 0 Å². The maximum atomic E-state index is 12.0. The minimum atomic E-state index is -3.50. The molecule has 0 aromatic heterocycles. The van der Waals surface area contributed by atoms with Gasteiger partial charge in [-0.1, -0.05) is 18.2 Å². The van der Waals surface area contributed by atoms with Crippen LogP contribution in [0.1, 0.15) is 17.3 Å². The first-order valence-corrected chi connectivity index (χ1v) is 8.41. The molecule has 0 bridgehead atoms. The van der Waals surface area contributed by atoms with Gasteiger partial charge in [-0.2, -0.15) is 0 Å². The van der Waals surface area contributed by atoms with Gasteiger partial charge in [-0.25, -0.2) is 8.42 Å². The SMILES string of the molecule is CC(=O)c1ccc(NS(=O)(=O)CCOc2ccccc2)cc1. The fraction of sp³-hybridized carbons (Fsp3) is 0.188. The maximum absolute atomic E-state index is 12.0. The first kappa shape index (κ1) is 16.0. The van der Waals surface area contributed by atoms with Crippen LogP contribution in [-0.4, -0.2) is 26.6 Å². The van der Waals surface area contributed by atoms with E-state index in [1.807, 2.05) is 18.2 Å². The predicted molar refractivity (Wildman–Crippen MR) is 85.8 cm³/mol. The number of carbonyl (C=O) groups is 1. The number of sulfonamides is 1. The van der Waals surface area contributed by atoms with Crippen molar-refractivity contribution in [2.24, 2.45) is 0 Å². The number of hydrogen-bond donors (Lipinski definition) is 1. The van der Waals surface area contributed by atoms with Crippen LogP contribution in [0.5, 0.6) is 5.75 Å². The Hall–Kier alpha value is -2.34. The molecule has 0 heterocycles. The van der Waals surface area contributed by atoms with Crippen LogP contribution >= 0.6 is 0 Å². The molecule has 0 aliphatic carbocycles. The van der Waals surface area contributed by atoms with E-state index in [9.17, 15) is 13.2 Å². The largest absolute Gasteiger partial charge is 0.492 e. The molecule has 0 amide bonds. The van der Waals surface area contributed by atoms with Crippen LogP contribution in [0.3, 0.4) is 0 Å². The van der Waals surface area contributed by atoms with E-state index < -0.39 is 10.0 Å². The van der Waals surface area contributed by atoms with Crippen molar-refractivity contribution >= 4 is 21.5 Å². The Bertz CT molecular complexity index is 725. The highest BCUT2D eigenvalue weighted by Gasteiger charge is 2.11. The van der Waals surface area contributed by atoms with Crippen molar-refractivity contribution in [2.45, 2.75) is 6.92 Å². The number of rotatable bonds is 7. The first-order valence-electron chi connectivity index (χ1n) is 6.76. The molecular formula is C16H17NO4S. The molecule has 0 aliphatic rings. The normalized spacial score (nSPS) is 11.0. The Labute approximate surface area is 130 Å². The summed E-state index contributed by atoms with van der Waals surface area (Å²) in [6.07, 6.45) is 0. The Morgan fingerprint density at radius 3 is 2.27 bits per heavy atom. The van der Waals surface area contributed by atoms with Crippen molar-refractivity contribution in [3.8, 4) is 5.75 Å². The topological polar surface area (TPSA) is 72.5 Å². The zero-order valence-corrected chi connectivity index (χ0v) is 13.0. The van der Waals surface area contributed by atoms with E-state index in [2.05, 4.69) is 4.72 Å². The second-order valence-electron chi connectivity index (χ2n) is 4.72. The van der Waals surface area contributed by atoms with E-state index in [1.54, 1.807) is 36.4 Å². The summed E-state index contributed by atoms with van der Waals surface area (Å²) in [5, 5.41) is 0. The highest BCUT2D eigenvalue weighted by molar-refractivity contribution is 7.92. The average molecular weight is 319 g/mol. The monoisotopic (exact) mass is 319 g/mol. The molecule has 0 saturated carbocycles. The van der Waals surface area contributed by atoms with E-state index in [0.29, 0.717) is 17.0 Å². The molecule has 0 atom stereocenters. The van der Waals surface area contributed by atoms with Gasteiger partial charge in [0.15, 0.2) is 5.78 Å². The number of hydrogen-bond acceptors (Lipinski definition) is 4. The summed E-state index contributed by atoms with van der Waals surface area (Å²) in [5.41, 5.74) is 0.958. The van der Waals surface area contributed by atoms with Crippen LogP contribution in [0.4, 0.5) is 5.69 Å². The van der Waals surface area contributed by atoms with Gasteiger partial charge in [-0.05, 0) is 43.3 Å². The molecule has 0 aliphatic heterocycles. The molecule has 0 unspecified atom stereocenters. The van der Waals surface area contributed by atoms with Gasteiger partial charge in [0, 0.05) is 11.3 Å². The van der Waals surface area contributed by atoms with E-state index in [0.717, 1.165) is 0 Å². The van der Waals surface area contributed by atoms with Gasteiger partial charge in [-0.3, -0.25) is 9.52 Å². The fourth-order valence-electron chi connectivity index (χ4n) is 1.79. The number of ketones is 1. The maximum Gasteiger partial charge on any atom is 0.236 e. The Kier molecular flexibility index (Phi) is 5.16. The minimum Gasteiger partial charge on any atom is -0.492 e. The second-order valence-corrected chi connectivity index (χ2v) is 6.56. The predicted octanol–water partition coefficient (Wildman–Crippen LogP) is 2.71. The van der Waals surface area contributed by atoms with Gasteiger partial charge in [0.2, 0.25) is 10.0 Å². The molecular weight excluding hydrogens is 302 g/mol. The van der Waals surface area contributed by atoms with Crippen molar-refractivity contribution in [2.75, 3.05) is 17.1 Å². The molecule has 2 aromatic rings. The molecule has 0 radical (unpaired) electrons. The third-order valence-corrected chi connectivity index (χ3v) is 4.18. The van der Waals surface area contributed by atoms with E-state index >= 15 is 0 Å². The number of benzene rings is 2. The number of nitrogens with one attached hydrogen (secondary N) is 1. The smallest absolute Gasteiger partial charge is 0.236 e. The lowest BCUT2D eigenvalue weighted by molar-refractivity contribution is 0.101. The molecule has 0 fully saturated rings. The average Bonchev–Trinajstić information content (AvgIpc) is 2.48. The summed E-state index contributed by atoms with van der Waals surface area (Å²) in [7, 11) is -3.50. The van der Waals surface area contributed by atoms with Gasteiger partial charge in [0.25, 0.3) is 0 Å². The third kappa shape index (κ3) is 4.89. The van der Waals surface area contributed by atoms with Crippen LogP contribution in [0.25, 0.3) is 0 Å². The van der Waals surface area contributed by atoms with Crippen molar-refractivity contribution in [1.82, 2.24) is 0 Å². The molecule has 2 aromatic carbocycles. The van der Waals surface area contributed by atoms with Crippen LogP contribution < -0.4 is 9.46 Å². The van der Waals surface area contributed by atoms with Gasteiger partial charge < -0.3 is 4.74 Å². The van der Waals surface area contributed by atoms with Crippen molar-refractivity contribution in [3.05, 3.63) is 60.2 Å². The number of anilines is 1. The van der Waals surface area contributed by atoms with Gasteiger partial charge in [0.1, 0.15) is 18.1 Å². The molecule has 116 valence electrons. The third-order valence-electron chi connectivity index (χ3n) is 2.93. The van der Waals surface area contributed by atoms with Gasteiger partial charge in [0.05, 0.1) is 0 Å². The lowest BCUT2D eigenvalue weighted by Gasteiger charge is -2.09. The zero-order chi connectivity index (χ0) is 16.0. The lowest BCUT2D eigenvalue weighted by Crippen LogP contribution is -2.21. The molecule has 22 heavy (non-hydrogen) atoms. The van der Waals surface area contributed by atoms with Crippen LogP contribution in [0, 0.1) is 0 Å². The molecule has 1 N–H and O–H groups in total. The summed E-state index contributed by atoms with van der Waals surface area (Å²) < 4.78 is 31.7. The van der Waals surface area contributed by atoms with Gasteiger partial charge >= 0.3 is 0 Å². The molecule has 6 heteroatoms. The summed E-state index contributed by atoms with van der Waals surface area (Å²) >= 11 is 0. The highest BCUT2D eigenvalue weighted by atomic mass is 32.2.